The molecule has 0 aliphatic carbocycles. The number of thiophene rings is 1. The van der Waals surface area contributed by atoms with Crippen molar-refractivity contribution in [2.24, 2.45) is 0 Å². The standard InChI is InChI=1S/C21H17NO4S2/c1-27-17-10-5-4-9-16(17)22-19(23)13-26-21(25)15-8-3-2-7-14(15)20(24)18-11-6-12-28-18/h2-12H,13H2,1H3,(H,22,23). The van der Waals surface area contributed by atoms with Crippen LogP contribution >= 0.6 is 23.1 Å². The molecule has 0 radical (unpaired) electrons. The molecule has 3 aromatic rings. The lowest BCUT2D eigenvalue weighted by Crippen LogP contribution is -2.22. The van der Waals surface area contributed by atoms with Gasteiger partial charge in [-0.2, -0.15) is 0 Å². The van der Waals surface area contributed by atoms with Crippen LogP contribution in [-0.4, -0.2) is 30.5 Å². The lowest BCUT2D eigenvalue weighted by atomic mass is 10.0. The molecule has 7 heteroatoms. The molecule has 0 saturated heterocycles. The molecule has 0 spiro atoms. The Bertz CT molecular complexity index is 999. The molecule has 1 heterocycles. The molecule has 3 rings (SSSR count). The Morgan fingerprint density at radius 3 is 2.39 bits per heavy atom. The van der Waals surface area contributed by atoms with Crippen LogP contribution in [0.3, 0.4) is 0 Å². The largest absolute Gasteiger partial charge is 0.452 e. The summed E-state index contributed by atoms with van der Waals surface area (Å²) in [5, 5.41) is 4.52. The number of hydrogen-bond donors (Lipinski definition) is 1. The van der Waals surface area contributed by atoms with Gasteiger partial charge in [-0.15, -0.1) is 23.1 Å². The fourth-order valence-electron chi connectivity index (χ4n) is 2.54. The molecule has 1 amide bonds. The highest BCUT2D eigenvalue weighted by atomic mass is 32.2. The van der Waals surface area contributed by atoms with Gasteiger partial charge in [0.25, 0.3) is 5.91 Å². The summed E-state index contributed by atoms with van der Waals surface area (Å²) in [7, 11) is 0. The van der Waals surface area contributed by atoms with E-state index in [4.69, 9.17) is 4.74 Å². The SMILES string of the molecule is CSc1ccccc1NC(=O)COC(=O)c1ccccc1C(=O)c1cccs1. The third kappa shape index (κ3) is 4.68. The van der Waals surface area contributed by atoms with E-state index in [9.17, 15) is 14.4 Å². The number of benzene rings is 2. The van der Waals surface area contributed by atoms with Crippen LogP contribution in [0.1, 0.15) is 25.6 Å². The van der Waals surface area contributed by atoms with Gasteiger partial charge in [-0.3, -0.25) is 9.59 Å². The van der Waals surface area contributed by atoms with Crippen molar-refractivity contribution in [3.05, 3.63) is 82.0 Å². The summed E-state index contributed by atoms with van der Waals surface area (Å²) in [6.45, 7) is -0.441. The number of rotatable bonds is 7. The highest BCUT2D eigenvalue weighted by Gasteiger charge is 2.20. The number of ether oxygens (including phenoxy) is 1. The number of esters is 1. The quantitative estimate of drug-likeness (QED) is 0.352. The van der Waals surface area contributed by atoms with Crippen molar-refractivity contribution in [2.75, 3.05) is 18.2 Å². The van der Waals surface area contributed by atoms with Gasteiger partial charge in [-0.25, -0.2) is 4.79 Å². The van der Waals surface area contributed by atoms with Gasteiger partial charge in [-0.1, -0.05) is 36.4 Å². The maximum atomic E-state index is 12.6. The molecular weight excluding hydrogens is 394 g/mol. The average molecular weight is 412 g/mol. The van der Waals surface area contributed by atoms with Crippen LogP contribution in [0, 0.1) is 0 Å². The number of thioether (sulfide) groups is 1. The number of carbonyl (C=O) groups excluding carboxylic acids is 3. The molecule has 0 unspecified atom stereocenters. The van der Waals surface area contributed by atoms with E-state index in [0.29, 0.717) is 10.6 Å². The van der Waals surface area contributed by atoms with Crippen molar-refractivity contribution in [3.63, 3.8) is 0 Å². The minimum Gasteiger partial charge on any atom is -0.452 e. The van der Waals surface area contributed by atoms with E-state index >= 15 is 0 Å². The molecule has 2 aromatic carbocycles. The summed E-state index contributed by atoms with van der Waals surface area (Å²) in [6, 6.07) is 17.3. The first-order valence-corrected chi connectivity index (χ1v) is 10.5. The molecule has 1 aromatic heterocycles. The maximum absolute atomic E-state index is 12.6. The highest BCUT2D eigenvalue weighted by Crippen LogP contribution is 2.24. The summed E-state index contributed by atoms with van der Waals surface area (Å²) >= 11 is 2.80. The molecule has 0 aliphatic heterocycles. The Labute approximate surface area is 170 Å². The number of amides is 1. The molecule has 0 fully saturated rings. The number of hydrogen-bond acceptors (Lipinski definition) is 6. The average Bonchev–Trinajstić information content (AvgIpc) is 3.27. The molecule has 0 atom stereocenters. The van der Waals surface area contributed by atoms with Crippen LogP contribution in [0.4, 0.5) is 5.69 Å². The maximum Gasteiger partial charge on any atom is 0.339 e. The second kappa shape index (κ2) is 9.34. The molecule has 28 heavy (non-hydrogen) atoms. The summed E-state index contributed by atoms with van der Waals surface area (Å²) in [5.41, 5.74) is 1.05. The van der Waals surface area contributed by atoms with Crippen LogP contribution in [0.15, 0.2) is 70.9 Å². The van der Waals surface area contributed by atoms with Crippen LogP contribution in [0.5, 0.6) is 0 Å². The van der Waals surface area contributed by atoms with Gasteiger partial charge in [0.1, 0.15) is 0 Å². The van der Waals surface area contributed by atoms with Gasteiger partial charge >= 0.3 is 5.97 Å². The smallest absolute Gasteiger partial charge is 0.339 e. The molecule has 0 saturated carbocycles. The van der Waals surface area contributed by atoms with E-state index in [0.717, 1.165) is 4.90 Å². The van der Waals surface area contributed by atoms with Crippen molar-refractivity contribution in [3.8, 4) is 0 Å². The first-order chi connectivity index (χ1) is 13.6. The number of ketones is 1. The van der Waals surface area contributed by atoms with Gasteiger partial charge in [0.2, 0.25) is 5.78 Å². The monoisotopic (exact) mass is 411 g/mol. The molecular formula is C21H17NO4S2. The molecule has 5 nitrogen and oxygen atoms in total. The fourth-order valence-corrected chi connectivity index (χ4v) is 3.77. The predicted molar refractivity (Wildman–Crippen MR) is 111 cm³/mol. The van der Waals surface area contributed by atoms with E-state index in [1.165, 1.54) is 29.2 Å². The van der Waals surface area contributed by atoms with Gasteiger partial charge in [-0.05, 0) is 35.9 Å². The van der Waals surface area contributed by atoms with Crippen molar-refractivity contribution < 1.29 is 19.1 Å². The zero-order valence-electron chi connectivity index (χ0n) is 15.0. The van der Waals surface area contributed by atoms with Gasteiger partial charge < -0.3 is 10.1 Å². The highest BCUT2D eigenvalue weighted by molar-refractivity contribution is 7.98. The van der Waals surface area contributed by atoms with E-state index in [2.05, 4.69) is 5.32 Å². The molecule has 0 aliphatic rings. The topological polar surface area (TPSA) is 72.5 Å². The summed E-state index contributed by atoms with van der Waals surface area (Å²) in [5.74, 6) is -1.41. The lowest BCUT2D eigenvalue weighted by molar-refractivity contribution is -0.119. The lowest BCUT2D eigenvalue weighted by Gasteiger charge is -2.11. The van der Waals surface area contributed by atoms with Crippen LogP contribution < -0.4 is 5.32 Å². The minimum atomic E-state index is -0.714. The normalized spacial score (nSPS) is 10.3. The van der Waals surface area contributed by atoms with Crippen LogP contribution in [0.2, 0.25) is 0 Å². The Kier molecular flexibility index (Phi) is 6.62. The third-order valence-electron chi connectivity index (χ3n) is 3.85. The first kappa shape index (κ1) is 19.9. The summed E-state index contributed by atoms with van der Waals surface area (Å²) in [4.78, 5) is 38.7. The summed E-state index contributed by atoms with van der Waals surface area (Å²) < 4.78 is 5.14. The van der Waals surface area contributed by atoms with Gasteiger partial charge in [0.05, 0.1) is 16.1 Å². The Morgan fingerprint density at radius 1 is 0.964 bits per heavy atom. The number of anilines is 1. The van der Waals surface area contributed by atoms with Gasteiger partial charge in [0.15, 0.2) is 6.61 Å². The van der Waals surface area contributed by atoms with E-state index in [1.54, 1.807) is 41.8 Å². The fraction of sp³-hybridized carbons (Fsp3) is 0.0952. The van der Waals surface area contributed by atoms with Crippen LogP contribution in [0.25, 0.3) is 0 Å². The van der Waals surface area contributed by atoms with E-state index < -0.39 is 18.5 Å². The second-order valence-electron chi connectivity index (χ2n) is 5.68. The molecule has 1 N–H and O–H groups in total. The third-order valence-corrected chi connectivity index (χ3v) is 5.52. The Morgan fingerprint density at radius 2 is 1.68 bits per heavy atom. The van der Waals surface area contributed by atoms with Crippen molar-refractivity contribution in [1.82, 2.24) is 0 Å². The number of para-hydroxylation sites is 1. The van der Waals surface area contributed by atoms with Crippen molar-refractivity contribution in [1.29, 1.82) is 0 Å². The Hall–Kier alpha value is -2.90. The number of carbonyl (C=O) groups is 3. The molecule has 0 bridgehead atoms. The van der Waals surface area contributed by atoms with Crippen molar-refractivity contribution >= 4 is 46.4 Å². The zero-order valence-corrected chi connectivity index (χ0v) is 16.6. The molecule has 142 valence electrons. The minimum absolute atomic E-state index is 0.137. The van der Waals surface area contributed by atoms with Crippen molar-refractivity contribution in [2.45, 2.75) is 4.90 Å². The zero-order chi connectivity index (χ0) is 19.9. The van der Waals surface area contributed by atoms with E-state index in [-0.39, 0.29) is 16.9 Å². The summed E-state index contributed by atoms with van der Waals surface area (Å²) in [6.07, 6.45) is 1.91. The van der Waals surface area contributed by atoms with Crippen LogP contribution in [-0.2, 0) is 9.53 Å². The van der Waals surface area contributed by atoms with E-state index in [1.807, 2.05) is 24.5 Å². The van der Waals surface area contributed by atoms with Gasteiger partial charge in [0, 0.05) is 10.5 Å². The first-order valence-electron chi connectivity index (χ1n) is 8.37. The Balaban J connectivity index is 1.67. The number of nitrogens with one attached hydrogen (secondary N) is 1. The second-order valence-corrected chi connectivity index (χ2v) is 7.47. The predicted octanol–water partition coefficient (Wildman–Crippen LogP) is 4.50.